The number of hydrogen-bond acceptors (Lipinski definition) is 12. The Hall–Kier alpha value is -6.77. The summed E-state index contributed by atoms with van der Waals surface area (Å²) in [4.78, 5) is 62.8. The summed E-state index contributed by atoms with van der Waals surface area (Å²) in [5, 5.41) is 48.4. The molecule has 3 aromatic carbocycles. The molecule has 27 heteroatoms. The fourth-order valence-corrected chi connectivity index (χ4v) is 12.3. The van der Waals surface area contributed by atoms with Gasteiger partial charge in [0.05, 0.1) is 73.3 Å². The lowest BCUT2D eigenvalue weighted by molar-refractivity contribution is -0.138. The molecule has 0 spiro atoms. The maximum absolute atomic E-state index is 13.2. The molecule has 478 valence electrons. The van der Waals surface area contributed by atoms with Crippen molar-refractivity contribution in [1.82, 2.24) is 35.8 Å². The van der Waals surface area contributed by atoms with Crippen molar-refractivity contribution in [2.24, 2.45) is 0 Å². The molecule has 0 saturated heterocycles. The summed E-state index contributed by atoms with van der Waals surface area (Å²) in [6, 6.07) is 19.9. The maximum atomic E-state index is 13.2. The van der Waals surface area contributed by atoms with Crippen LogP contribution >= 0.6 is 34.8 Å². The van der Waals surface area contributed by atoms with Crippen LogP contribution in [0.2, 0.25) is 15.1 Å². The van der Waals surface area contributed by atoms with Crippen LogP contribution in [0.4, 0.5) is 39.5 Å². The second-order valence-electron chi connectivity index (χ2n) is 22.4. The van der Waals surface area contributed by atoms with E-state index in [1.54, 1.807) is 48.5 Å². The van der Waals surface area contributed by atoms with Gasteiger partial charge in [0.15, 0.2) is 0 Å². The number of carbonyl (C=O) groups is 4. The molecule has 0 bridgehead atoms. The minimum Gasteiger partial charge on any atom is -0.392 e. The highest BCUT2D eigenvalue weighted by atomic mass is 35.5. The Morgan fingerprint density at radius 3 is 1.12 bits per heavy atom. The van der Waals surface area contributed by atoms with Crippen LogP contribution in [0.5, 0.6) is 0 Å². The quantitative estimate of drug-likeness (QED) is 0.0355. The Bertz CT molecular complexity index is 3490. The molecule has 3 aromatic heterocycles. The van der Waals surface area contributed by atoms with E-state index in [9.17, 15) is 79.1 Å². The van der Waals surface area contributed by atoms with Gasteiger partial charge in [0.25, 0.3) is 17.7 Å². The van der Waals surface area contributed by atoms with Gasteiger partial charge in [-0.3, -0.25) is 19.2 Å². The number of aliphatic hydroxyl groups excluding tert-OH is 1. The molecule has 0 aliphatic heterocycles. The number of nitrogens with zero attached hydrogens (tertiary/aromatic N) is 4. The van der Waals surface area contributed by atoms with Crippen LogP contribution < -0.4 is 16.0 Å². The first-order valence-corrected chi connectivity index (χ1v) is 29.2. The largest absolute Gasteiger partial charge is 0.417 e. The topological polar surface area (TPSA) is 227 Å². The van der Waals surface area contributed by atoms with Crippen molar-refractivity contribution in [3.63, 3.8) is 0 Å². The van der Waals surface area contributed by atoms with Crippen LogP contribution in [-0.2, 0) is 31.7 Å². The Labute approximate surface area is 521 Å². The van der Waals surface area contributed by atoms with E-state index in [0.29, 0.717) is 91.3 Å². The van der Waals surface area contributed by atoms with E-state index >= 15 is 0 Å². The summed E-state index contributed by atoms with van der Waals surface area (Å²) in [6.45, 7) is 0.432. The highest BCUT2D eigenvalue weighted by Gasteiger charge is 2.46. The van der Waals surface area contributed by atoms with E-state index in [4.69, 9.17) is 34.8 Å². The zero-order valence-electron chi connectivity index (χ0n) is 47.8. The molecule has 3 aliphatic carbocycles. The summed E-state index contributed by atoms with van der Waals surface area (Å²) >= 11 is 17.5. The van der Waals surface area contributed by atoms with Gasteiger partial charge >= 0.3 is 18.5 Å². The molecule has 7 N–H and O–H groups in total. The molecule has 3 aliphatic rings. The fourth-order valence-electron chi connectivity index (χ4n) is 11.4. The lowest BCUT2D eigenvalue weighted by Gasteiger charge is -2.34. The van der Waals surface area contributed by atoms with Crippen LogP contribution in [0.25, 0.3) is 0 Å². The van der Waals surface area contributed by atoms with Gasteiger partial charge in [0.2, 0.25) is 0 Å². The van der Waals surface area contributed by atoms with Crippen molar-refractivity contribution in [3.8, 4) is 0 Å². The first-order valence-electron chi connectivity index (χ1n) is 28.1. The Morgan fingerprint density at radius 1 is 0.517 bits per heavy atom. The van der Waals surface area contributed by atoms with E-state index < -0.39 is 120 Å². The van der Waals surface area contributed by atoms with Gasteiger partial charge < -0.3 is 41.3 Å². The summed E-state index contributed by atoms with van der Waals surface area (Å²) in [6.07, 6.45) is -3.77. The van der Waals surface area contributed by atoms with Crippen molar-refractivity contribution in [2.45, 2.75) is 144 Å². The molecule has 6 aromatic rings. The molecule has 15 nitrogen and oxygen atoms in total. The number of aldehydes is 1. The van der Waals surface area contributed by atoms with Gasteiger partial charge in [-0.25, -0.2) is 15.0 Å². The van der Waals surface area contributed by atoms with E-state index in [1.165, 1.54) is 6.07 Å². The summed E-state index contributed by atoms with van der Waals surface area (Å²) in [5.41, 5.74) is -5.29. The minimum absolute atomic E-state index is 0.228. The monoisotopic (exact) mass is 1310 g/mol. The normalized spacial score (nSPS) is 17.1. The number of rotatable bonds is 16. The first kappa shape index (κ1) is 69.7. The Kier molecular flexibility index (Phi) is 22.7. The predicted octanol–water partition coefficient (Wildman–Crippen LogP) is 13.0. The number of aromatic nitrogens is 3. The van der Waals surface area contributed by atoms with E-state index in [1.807, 2.05) is 37.2 Å². The molecule has 3 unspecified atom stereocenters. The first-order chi connectivity index (χ1) is 41.8. The number of nitrogens with one attached hydrogen (secondary N) is 3. The van der Waals surface area contributed by atoms with Gasteiger partial charge in [-0.05, 0) is 105 Å². The summed E-state index contributed by atoms with van der Waals surface area (Å²) < 4.78 is 118. The van der Waals surface area contributed by atoms with Crippen LogP contribution in [0.1, 0.15) is 182 Å². The number of pyridine rings is 3. The predicted molar refractivity (Wildman–Crippen MR) is 312 cm³/mol. The third-order valence-corrected chi connectivity index (χ3v) is 16.9. The highest BCUT2D eigenvalue weighted by molar-refractivity contribution is 6.35. The third kappa shape index (κ3) is 17.2. The second kappa shape index (κ2) is 29.0. The molecule has 3 fully saturated rings. The molecule has 89 heavy (non-hydrogen) atoms. The third-order valence-electron chi connectivity index (χ3n) is 15.7. The van der Waals surface area contributed by atoms with Crippen molar-refractivity contribution >= 4 is 58.8 Å². The van der Waals surface area contributed by atoms with Crippen molar-refractivity contribution in [1.29, 1.82) is 0 Å². The number of benzene rings is 3. The molecule has 3 amide bonds. The molecule has 0 radical (unpaired) electrons. The smallest absolute Gasteiger partial charge is 0.392 e. The van der Waals surface area contributed by atoms with Crippen LogP contribution in [0.3, 0.4) is 0 Å². The molecule has 3 heterocycles. The average Bonchev–Trinajstić information content (AvgIpc) is 3.62. The maximum Gasteiger partial charge on any atom is 0.417 e. The SMILES string of the molecule is CN(C)Cc1cccc(C(NC(=O)c2nccc(C(F)(F)F)c2Cl)C2(O)CCCC2)c1.O=C(NC(c1cccc(CO)c1)C1(O)CCCC1)c1nccc(C(F)(F)F)c1Cl.O=Cc1cccc(C(NC(=O)c2nccc(C(F)(F)F)c2Cl)C2(O)CCCC2)c1. The molecule has 3 saturated carbocycles. The summed E-state index contributed by atoms with van der Waals surface area (Å²) in [7, 11) is 3.86. The number of carbonyl (C=O) groups excluding carboxylic acids is 4. The second-order valence-corrected chi connectivity index (χ2v) is 23.5. The molecule has 3 atom stereocenters. The van der Waals surface area contributed by atoms with Crippen molar-refractivity contribution < 1.29 is 79.1 Å². The minimum atomic E-state index is -4.74. The van der Waals surface area contributed by atoms with E-state index in [-0.39, 0.29) is 6.61 Å². The average molecular weight is 1310 g/mol. The summed E-state index contributed by atoms with van der Waals surface area (Å²) in [5.74, 6) is -2.72. The number of alkyl halides is 9. The Balaban J connectivity index is 0.000000190. The number of aliphatic hydroxyl groups is 4. The van der Waals surface area contributed by atoms with E-state index in [2.05, 4.69) is 30.9 Å². The zero-order chi connectivity index (χ0) is 65.3. The fraction of sp³-hybridized carbons (Fsp3) is 0.403. The lowest BCUT2D eigenvalue weighted by Crippen LogP contribution is -2.44. The zero-order valence-corrected chi connectivity index (χ0v) is 50.1. The van der Waals surface area contributed by atoms with Crippen LogP contribution in [0.15, 0.2) is 110 Å². The Morgan fingerprint density at radius 2 is 0.820 bits per heavy atom. The van der Waals surface area contributed by atoms with Gasteiger partial charge in [-0.15, -0.1) is 0 Å². The molecular formula is C62H63Cl3F9N7O8. The van der Waals surface area contributed by atoms with Crippen molar-refractivity contribution in [2.75, 3.05) is 14.1 Å². The number of hydrogen-bond donors (Lipinski definition) is 7. The van der Waals surface area contributed by atoms with Crippen LogP contribution in [0, 0.1) is 0 Å². The van der Waals surface area contributed by atoms with Gasteiger partial charge in [-0.1, -0.05) is 140 Å². The molecule has 9 rings (SSSR count). The number of halogens is 12. The lowest BCUT2D eigenvalue weighted by atomic mass is 9.86. The van der Waals surface area contributed by atoms with Gasteiger partial charge in [-0.2, -0.15) is 39.5 Å². The van der Waals surface area contributed by atoms with E-state index in [0.717, 1.165) is 68.7 Å². The standard InChI is InChI=1S/C22H25ClF3N3O2.C20H20ClF3N2O3.C20H18ClF3N2O3/c1-29(2)13-14-6-5-7-15(12-14)19(21(31)9-3-4-10-21)28-20(30)18-17(23)16(8-11-27-18)22(24,25)26;2*21-15-14(20(22,23)24)6-9-25-16(15)18(28)26-17(19(29)7-1-2-8-19)13-5-3-4-12(10-13)11-27/h5-8,11-12,19,31H,3-4,9-10,13H2,1-2H3,(H,28,30);3-6,9-10,17,27,29H,1-2,7-8,11H2,(H,26,28);3-6,9-11,17,29H,1-2,7-8H2,(H,26,28). The van der Waals surface area contributed by atoms with Crippen LogP contribution in [-0.4, -0.2) is 95.2 Å². The van der Waals surface area contributed by atoms with Gasteiger partial charge in [0, 0.05) is 30.7 Å². The van der Waals surface area contributed by atoms with Gasteiger partial charge in [0.1, 0.15) is 23.4 Å². The van der Waals surface area contributed by atoms with Crippen molar-refractivity contribution in [3.05, 3.63) is 192 Å². The highest BCUT2D eigenvalue weighted by Crippen LogP contribution is 2.45. The molecular weight excluding hydrogens is 1250 g/mol. The number of amides is 3.